The standard InChI is InChI=1S/C14H28N2O/c1-12-5-8-16(9-6-12)10-7-15-14(11-17-2)13-3-4-13/h12-15H,3-11H2,1-2H3. The number of nitrogens with one attached hydrogen (secondary N) is 1. The van der Waals surface area contributed by atoms with E-state index in [1.807, 2.05) is 7.11 Å². The lowest BCUT2D eigenvalue weighted by atomic mass is 9.99. The molecule has 1 aliphatic heterocycles. The quantitative estimate of drug-likeness (QED) is 0.733. The maximum atomic E-state index is 5.29. The van der Waals surface area contributed by atoms with Gasteiger partial charge in [-0.15, -0.1) is 0 Å². The summed E-state index contributed by atoms with van der Waals surface area (Å²) in [4.78, 5) is 2.60. The molecule has 1 N–H and O–H groups in total. The summed E-state index contributed by atoms with van der Waals surface area (Å²) in [5.74, 6) is 1.82. The van der Waals surface area contributed by atoms with Crippen LogP contribution in [0.2, 0.25) is 0 Å². The van der Waals surface area contributed by atoms with E-state index in [9.17, 15) is 0 Å². The number of piperidine rings is 1. The second-order valence-corrected chi connectivity index (χ2v) is 5.88. The molecule has 100 valence electrons. The van der Waals surface area contributed by atoms with Gasteiger partial charge in [0.15, 0.2) is 0 Å². The molecule has 0 amide bonds. The fraction of sp³-hybridized carbons (Fsp3) is 1.00. The monoisotopic (exact) mass is 240 g/mol. The molecule has 2 fully saturated rings. The summed E-state index contributed by atoms with van der Waals surface area (Å²) >= 11 is 0. The van der Waals surface area contributed by atoms with Crippen molar-refractivity contribution < 1.29 is 4.74 Å². The van der Waals surface area contributed by atoms with Crippen LogP contribution in [0.4, 0.5) is 0 Å². The Labute approximate surface area is 106 Å². The highest BCUT2D eigenvalue weighted by molar-refractivity contribution is 4.86. The fourth-order valence-electron chi connectivity index (χ4n) is 2.73. The molecule has 1 saturated heterocycles. The Balaban J connectivity index is 1.58. The summed E-state index contributed by atoms with van der Waals surface area (Å²) in [5, 5.41) is 3.67. The Morgan fingerprint density at radius 3 is 2.53 bits per heavy atom. The molecule has 3 heteroatoms. The minimum atomic E-state index is 0.601. The van der Waals surface area contributed by atoms with Crippen molar-refractivity contribution in [2.45, 2.75) is 38.6 Å². The van der Waals surface area contributed by atoms with Crippen LogP contribution >= 0.6 is 0 Å². The van der Waals surface area contributed by atoms with Gasteiger partial charge in [-0.25, -0.2) is 0 Å². The third-order valence-electron chi connectivity index (χ3n) is 4.25. The number of nitrogens with zero attached hydrogens (tertiary/aromatic N) is 1. The van der Waals surface area contributed by atoms with Gasteiger partial charge < -0.3 is 15.0 Å². The van der Waals surface area contributed by atoms with E-state index in [2.05, 4.69) is 17.1 Å². The Hall–Kier alpha value is -0.120. The molecule has 2 rings (SSSR count). The van der Waals surface area contributed by atoms with Gasteiger partial charge in [0.1, 0.15) is 0 Å². The molecule has 1 saturated carbocycles. The van der Waals surface area contributed by atoms with Crippen molar-refractivity contribution in [3.63, 3.8) is 0 Å². The first-order chi connectivity index (χ1) is 8.29. The van der Waals surface area contributed by atoms with Gasteiger partial charge in [0.05, 0.1) is 6.61 Å². The van der Waals surface area contributed by atoms with Crippen molar-refractivity contribution in [1.29, 1.82) is 0 Å². The van der Waals surface area contributed by atoms with E-state index in [-0.39, 0.29) is 0 Å². The average molecular weight is 240 g/mol. The summed E-state index contributed by atoms with van der Waals surface area (Å²) < 4.78 is 5.29. The first-order valence-electron chi connectivity index (χ1n) is 7.24. The van der Waals surface area contributed by atoms with Crippen molar-refractivity contribution in [3.8, 4) is 0 Å². The SMILES string of the molecule is COCC(NCCN1CCC(C)CC1)C1CC1. The van der Waals surface area contributed by atoms with Crippen molar-refractivity contribution in [2.24, 2.45) is 11.8 Å². The molecule has 0 spiro atoms. The van der Waals surface area contributed by atoms with E-state index in [1.165, 1.54) is 45.3 Å². The fourth-order valence-corrected chi connectivity index (χ4v) is 2.73. The smallest absolute Gasteiger partial charge is 0.0618 e. The molecule has 1 heterocycles. The largest absolute Gasteiger partial charge is 0.383 e. The topological polar surface area (TPSA) is 24.5 Å². The molecule has 0 radical (unpaired) electrons. The molecule has 1 atom stereocenters. The second kappa shape index (κ2) is 6.72. The maximum absolute atomic E-state index is 5.29. The molecule has 0 bridgehead atoms. The van der Waals surface area contributed by atoms with Crippen LogP contribution < -0.4 is 5.32 Å². The van der Waals surface area contributed by atoms with Crippen LogP contribution in [0.15, 0.2) is 0 Å². The number of rotatable bonds is 7. The lowest BCUT2D eigenvalue weighted by Crippen LogP contribution is -2.42. The van der Waals surface area contributed by atoms with Crippen molar-refractivity contribution in [3.05, 3.63) is 0 Å². The number of likely N-dealkylation sites (tertiary alicyclic amines) is 1. The highest BCUT2D eigenvalue weighted by Crippen LogP contribution is 2.32. The Kier molecular flexibility index (Phi) is 5.26. The summed E-state index contributed by atoms with van der Waals surface area (Å²) in [6.45, 7) is 8.17. The predicted molar refractivity (Wildman–Crippen MR) is 71.2 cm³/mol. The third-order valence-corrected chi connectivity index (χ3v) is 4.25. The normalized spacial score (nSPS) is 25.1. The van der Waals surface area contributed by atoms with Crippen LogP contribution in [-0.4, -0.2) is 50.8 Å². The van der Waals surface area contributed by atoms with Gasteiger partial charge in [0.2, 0.25) is 0 Å². The van der Waals surface area contributed by atoms with E-state index in [1.54, 1.807) is 0 Å². The Bertz CT molecular complexity index is 210. The van der Waals surface area contributed by atoms with Gasteiger partial charge in [-0.2, -0.15) is 0 Å². The third kappa shape index (κ3) is 4.57. The zero-order valence-corrected chi connectivity index (χ0v) is 11.5. The van der Waals surface area contributed by atoms with Crippen molar-refractivity contribution in [1.82, 2.24) is 10.2 Å². The molecular weight excluding hydrogens is 212 g/mol. The second-order valence-electron chi connectivity index (χ2n) is 5.88. The number of methoxy groups -OCH3 is 1. The van der Waals surface area contributed by atoms with Crippen LogP contribution in [0, 0.1) is 11.8 Å². The molecule has 1 unspecified atom stereocenters. The van der Waals surface area contributed by atoms with Gasteiger partial charge in [-0.3, -0.25) is 0 Å². The van der Waals surface area contributed by atoms with E-state index in [4.69, 9.17) is 4.74 Å². The summed E-state index contributed by atoms with van der Waals surface area (Å²) in [6.07, 6.45) is 5.54. The minimum Gasteiger partial charge on any atom is -0.383 e. The van der Waals surface area contributed by atoms with E-state index >= 15 is 0 Å². The highest BCUT2D eigenvalue weighted by Gasteiger charge is 2.30. The highest BCUT2D eigenvalue weighted by atomic mass is 16.5. The van der Waals surface area contributed by atoms with Crippen molar-refractivity contribution >= 4 is 0 Å². The van der Waals surface area contributed by atoms with Gasteiger partial charge in [-0.1, -0.05) is 6.92 Å². The average Bonchev–Trinajstić information content (AvgIpc) is 3.15. The molecule has 0 aromatic heterocycles. The molecule has 0 aromatic carbocycles. The zero-order chi connectivity index (χ0) is 12.1. The summed E-state index contributed by atoms with van der Waals surface area (Å²) in [5.41, 5.74) is 0. The Morgan fingerprint density at radius 1 is 1.24 bits per heavy atom. The maximum Gasteiger partial charge on any atom is 0.0618 e. The summed E-state index contributed by atoms with van der Waals surface area (Å²) in [7, 11) is 1.81. The van der Waals surface area contributed by atoms with E-state index < -0.39 is 0 Å². The van der Waals surface area contributed by atoms with Crippen LogP contribution in [0.3, 0.4) is 0 Å². The minimum absolute atomic E-state index is 0.601. The zero-order valence-electron chi connectivity index (χ0n) is 11.5. The van der Waals surface area contributed by atoms with Gasteiger partial charge >= 0.3 is 0 Å². The number of ether oxygens (including phenoxy) is 1. The van der Waals surface area contributed by atoms with Gasteiger partial charge in [0.25, 0.3) is 0 Å². The number of hydrogen-bond acceptors (Lipinski definition) is 3. The lowest BCUT2D eigenvalue weighted by Gasteiger charge is -2.30. The van der Waals surface area contributed by atoms with Crippen LogP contribution in [-0.2, 0) is 4.74 Å². The molecule has 2 aliphatic rings. The van der Waals surface area contributed by atoms with Crippen LogP contribution in [0.25, 0.3) is 0 Å². The molecule has 3 nitrogen and oxygen atoms in total. The van der Waals surface area contributed by atoms with E-state index in [0.29, 0.717) is 6.04 Å². The predicted octanol–water partition coefficient (Wildman–Crippen LogP) is 1.73. The van der Waals surface area contributed by atoms with Gasteiger partial charge in [0, 0.05) is 26.2 Å². The first kappa shape index (κ1) is 13.3. The van der Waals surface area contributed by atoms with Crippen LogP contribution in [0.5, 0.6) is 0 Å². The van der Waals surface area contributed by atoms with Gasteiger partial charge in [-0.05, 0) is 50.6 Å². The lowest BCUT2D eigenvalue weighted by molar-refractivity contribution is 0.149. The number of hydrogen-bond donors (Lipinski definition) is 1. The molecule has 0 aromatic rings. The molecule has 17 heavy (non-hydrogen) atoms. The molecule has 1 aliphatic carbocycles. The van der Waals surface area contributed by atoms with Crippen molar-refractivity contribution in [2.75, 3.05) is 39.9 Å². The summed E-state index contributed by atoms with van der Waals surface area (Å²) in [6, 6.07) is 0.601. The Morgan fingerprint density at radius 2 is 1.94 bits per heavy atom. The van der Waals surface area contributed by atoms with Crippen LogP contribution in [0.1, 0.15) is 32.6 Å². The molecular formula is C14H28N2O. The van der Waals surface area contributed by atoms with E-state index in [0.717, 1.165) is 25.0 Å². The first-order valence-corrected chi connectivity index (χ1v) is 7.24.